The molecule has 0 N–H and O–H groups in total. The number of hydrogen-bond acceptors (Lipinski definition) is 4. The van der Waals surface area contributed by atoms with Gasteiger partial charge >= 0.3 is 0 Å². The van der Waals surface area contributed by atoms with Crippen LogP contribution in [0.25, 0.3) is 99.5 Å². The van der Waals surface area contributed by atoms with Crippen molar-refractivity contribution in [2.24, 2.45) is 0 Å². The first-order chi connectivity index (χ1) is 24.3. The maximum atomic E-state index is 6.92. The first-order valence-electron chi connectivity index (χ1n) is 16.5. The van der Waals surface area contributed by atoms with E-state index in [1.54, 1.807) is 0 Å². The summed E-state index contributed by atoms with van der Waals surface area (Å²) in [5.74, 6) is 1.92. The van der Waals surface area contributed by atoms with Gasteiger partial charge in [-0.3, -0.25) is 0 Å². The van der Waals surface area contributed by atoms with E-state index in [0.29, 0.717) is 17.5 Å². The summed E-state index contributed by atoms with van der Waals surface area (Å²) in [6.07, 6.45) is 0. The standard InChI is InChI=1S/C45H27N3O/c1-3-12-29(13-4-1)43-46-44(30-14-5-2-6-15-30)48-45(47-43)31-24-22-28(23-25-31)32-20-11-21-38-39-27-26-37-35-18-8-7-16-33(35)34-17-9-10-19-36(34)40(37)42(39)49-41(32)38/h1-27H. The van der Waals surface area contributed by atoms with Gasteiger partial charge in [0.2, 0.25) is 0 Å². The second-order valence-electron chi connectivity index (χ2n) is 12.4. The second kappa shape index (κ2) is 11.0. The molecule has 8 aromatic carbocycles. The van der Waals surface area contributed by atoms with E-state index >= 15 is 0 Å². The highest BCUT2D eigenvalue weighted by atomic mass is 16.3. The van der Waals surface area contributed by atoms with Gasteiger partial charge < -0.3 is 4.42 Å². The molecule has 0 radical (unpaired) electrons. The number of nitrogens with zero attached hydrogens (tertiary/aromatic N) is 3. The molecule has 0 unspecified atom stereocenters. The van der Waals surface area contributed by atoms with Gasteiger partial charge in [0, 0.05) is 38.4 Å². The number of rotatable bonds is 4. The summed E-state index contributed by atoms with van der Waals surface area (Å²) in [6, 6.07) is 56.7. The average molecular weight is 626 g/mol. The zero-order valence-corrected chi connectivity index (χ0v) is 26.3. The molecule has 0 aliphatic heterocycles. The van der Waals surface area contributed by atoms with Gasteiger partial charge in [-0.15, -0.1) is 0 Å². The monoisotopic (exact) mass is 625 g/mol. The topological polar surface area (TPSA) is 51.8 Å². The fourth-order valence-electron chi connectivity index (χ4n) is 7.21. The van der Waals surface area contributed by atoms with Gasteiger partial charge in [0.25, 0.3) is 0 Å². The molecule has 0 aliphatic carbocycles. The van der Waals surface area contributed by atoms with E-state index in [4.69, 9.17) is 19.4 Å². The molecule has 228 valence electrons. The maximum absolute atomic E-state index is 6.92. The molecule has 2 heterocycles. The fourth-order valence-corrected chi connectivity index (χ4v) is 7.21. The van der Waals surface area contributed by atoms with Crippen LogP contribution >= 0.6 is 0 Å². The minimum absolute atomic E-state index is 0.631. The summed E-state index contributed by atoms with van der Waals surface area (Å²) in [4.78, 5) is 14.7. The van der Waals surface area contributed by atoms with Gasteiger partial charge in [-0.25, -0.2) is 15.0 Å². The molecule has 10 rings (SSSR count). The summed E-state index contributed by atoms with van der Waals surface area (Å²) in [6.45, 7) is 0. The predicted molar refractivity (Wildman–Crippen MR) is 201 cm³/mol. The van der Waals surface area contributed by atoms with Crippen molar-refractivity contribution in [2.75, 3.05) is 0 Å². The first-order valence-corrected chi connectivity index (χ1v) is 16.5. The van der Waals surface area contributed by atoms with Crippen molar-refractivity contribution >= 4 is 54.3 Å². The van der Waals surface area contributed by atoms with Gasteiger partial charge in [-0.2, -0.15) is 0 Å². The van der Waals surface area contributed by atoms with Gasteiger partial charge in [0.05, 0.1) is 0 Å². The highest BCUT2D eigenvalue weighted by Crippen LogP contribution is 2.43. The third-order valence-corrected chi connectivity index (χ3v) is 9.52. The predicted octanol–water partition coefficient (Wildman–Crippen LogP) is 11.9. The molecule has 0 saturated carbocycles. The number of furan rings is 1. The molecule has 2 aromatic heterocycles. The van der Waals surface area contributed by atoms with Crippen molar-refractivity contribution in [2.45, 2.75) is 0 Å². The molecule has 0 atom stereocenters. The minimum Gasteiger partial charge on any atom is -0.455 e. The van der Waals surface area contributed by atoms with Crippen molar-refractivity contribution in [1.82, 2.24) is 15.0 Å². The Bertz CT molecular complexity index is 2770. The van der Waals surface area contributed by atoms with E-state index in [2.05, 4.69) is 103 Å². The van der Waals surface area contributed by atoms with Crippen LogP contribution in [0.1, 0.15) is 0 Å². The van der Waals surface area contributed by atoms with Gasteiger partial charge in [-0.1, -0.05) is 158 Å². The second-order valence-corrected chi connectivity index (χ2v) is 12.4. The number of para-hydroxylation sites is 1. The lowest BCUT2D eigenvalue weighted by molar-refractivity contribution is 0.674. The summed E-state index contributed by atoms with van der Waals surface area (Å²) >= 11 is 0. The lowest BCUT2D eigenvalue weighted by atomic mass is 9.93. The van der Waals surface area contributed by atoms with Crippen molar-refractivity contribution in [3.63, 3.8) is 0 Å². The third kappa shape index (κ3) is 4.42. The van der Waals surface area contributed by atoms with Crippen molar-refractivity contribution in [3.05, 3.63) is 164 Å². The normalized spacial score (nSPS) is 11.7. The van der Waals surface area contributed by atoms with Crippen molar-refractivity contribution < 1.29 is 4.42 Å². The van der Waals surface area contributed by atoms with Gasteiger partial charge in [0.15, 0.2) is 17.5 Å². The van der Waals surface area contributed by atoms with E-state index in [1.807, 2.05) is 60.7 Å². The van der Waals surface area contributed by atoms with Gasteiger partial charge in [-0.05, 0) is 38.6 Å². The lowest BCUT2D eigenvalue weighted by Crippen LogP contribution is -2.00. The van der Waals surface area contributed by atoms with Crippen molar-refractivity contribution in [3.8, 4) is 45.3 Å². The van der Waals surface area contributed by atoms with E-state index in [-0.39, 0.29) is 0 Å². The van der Waals surface area contributed by atoms with E-state index in [1.165, 1.54) is 26.9 Å². The zero-order valence-electron chi connectivity index (χ0n) is 26.3. The summed E-state index contributed by atoms with van der Waals surface area (Å²) in [5, 5.41) is 9.51. The maximum Gasteiger partial charge on any atom is 0.164 e. The molecule has 0 bridgehead atoms. The zero-order chi connectivity index (χ0) is 32.3. The van der Waals surface area contributed by atoms with Crippen LogP contribution in [-0.2, 0) is 0 Å². The number of aromatic nitrogens is 3. The van der Waals surface area contributed by atoms with Crippen LogP contribution in [0.15, 0.2) is 168 Å². The van der Waals surface area contributed by atoms with Crippen LogP contribution < -0.4 is 0 Å². The Kier molecular flexibility index (Phi) is 6.15. The Morgan fingerprint density at radius 1 is 0.286 bits per heavy atom. The third-order valence-electron chi connectivity index (χ3n) is 9.52. The van der Waals surface area contributed by atoms with Crippen LogP contribution in [0.5, 0.6) is 0 Å². The summed E-state index contributed by atoms with van der Waals surface area (Å²) in [5.41, 5.74) is 6.73. The number of hydrogen-bond donors (Lipinski definition) is 0. The summed E-state index contributed by atoms with van der Waals surface area (Å²) < 4.78 is 6.92. The molecular formula is C45H27N3O. The van der Waals surface area contributed by atoms with E-state index < -0.39 is 0 Å². The minimum atomic E-state index is 0.631. The van der Waals surface area contributed by atoms with Crippen LogP contribution in [0.3, 0.4) is 0 Å². The molecule has 0 saturated heterocycles. The molecule has 4 heteroatoms. The lowest BCUT2D eigenvalue weighted by Gasteiger charge is -2.10. The van der Waals surface area contributed by atoms with Gasteiger partial charge in [0.1, 0.15) is 11.2 Å². The van der Waals surface area contributed by atoms with Crippen LogP contribution in [0.2, 0.25) is 0 Å². The van der Waals surface area contributed by atoms with Crippen LogP contribution in [0, 0.1) is 0 Å². The first kappa shape index (κ1) is 27.5. The molecule has 10 aromatic rings. The molecule has 49 heavy (non-hydrogen) atoms. The SMILES string of the molecule is c1ccc(-c2nc(-c3ccccc3)nc(-c3ccc(-c4cccc5c4oc4c5ccc5c6ccccc6c6ccccc6c54)cc3)n2)cc1. The quantitative estimate of drug-likeness (QED) is 0.183. The molecular weight excluding hydrogens is 599 g/mol. The molecule has 0 aliphatic rings. The van der Waals surface area contributed by atoms with Crippen molar-refractivity contribution in [1.29, 1.82) is 0 Å². The van der Waals surface area contributed by atoms with E-state index in [9.17, 15) is 0 Å². The Labute approximate surface area is 282 Å². The molecule has 0 amide bonds. The molecule has 0 fully saturated rings. The molecule has 4 nitrogen and oxygen atoms in total. The Morgan fingerprint density at radius 2 is 0.694 bits per heavy atom. The Morgan fingerprint density at radius 3 is 1.29 bits per heavy atom. The average Bonchev–Trinajstić information content (AvgIpc) is 3.58. The molecule has 0 spiro atoms. The number of fused-ring (bicyclic) bond motifs is 10. The largest absolute Gasteiger partial charge is 0.455 e. The van der Waals surface area contributed by atoms with Crippen LogP contribution in [-0.4, -0.2) is 15.0 Å². The summed E-state index contributed by atoms with van der Waals surface area (Å²) in [7, 11) is 0. The van der Waals surface area contributed by atoms with E-state index in [0.717, 1.165) is 55.1 Å². The smallest absolute Gasteiger partial charge is 0.164 e. The highest BCUT2D eigenvalue weighted by molar-refractivity contribution is 6.32. The fraction of sp³-hybridized carbons (Fsp3) is 0. The highest BCUT2D eigenvalue weighted by Gasteiger charge is 2.18. The Balaban J connectivity index is 1.13. The Hall–Kier alpha value is -6.65. The van der Waals surface area contributed by atoms with Crippen LogP contribution in [0.4, 0.5) is 0 Å². The number of benzene rings is 8.